The Morgan fingerprint density at radius 2 is 1.57 bits per heavy atom. The molecular weight excluding hydrogens is 693 g/mol. The summed E-state index contributed by atoms with van der Waals surface area (Å²) in [7, 11) is -3.95. The lowest BCUT2D eigenvalue weighted by Gasteiger charge is -2.49. The highest BCUT2D eigenvalue weighted by molar-refractivity contribution is 7.90. The van der Waals surface area contributed by atoms with Crippen molar-refractivity contribution in [1.29, 1.82) is 0 Å². The summed E-state index contributed by atoms with van der Waals surface area (Å²) in [6, 6.07) is 11.7. The Labute approximate surface area is 309 Å². The number of pyridine rings is 1. The van der Waals surface area contributed by atoms with Crippen molar-refractivity contribution in [2.75, 3.05) is 0 Å². The highest BCUT2D eigenvalue weighted by Crippen LogP contribution is 2.47. The van der Waals surface area contributed by atoms with Gasteiger partial charge in [-0.2, -0.15) is 5.10 Å². The first-order chi connectivity index (χ1) is 23.4. The SMILES string of the molecule is CC(C)(C)[S@@+]([O-])N[C@@](O)(c1cccc(-c2ccc3cnn(-c4cncc(CO[Si](C)(C)C(C)(C)C)n4)c3c2)n1)C1CC(O[Si](C)(C)C(C)(C)C)C1. The van der Waals surface area contributed by atoms with Crippen LogP contribution in [0.2, 0.25) is 36.3 Å². The molecule has 0 spiro atoms. The highest BCUT2D eigenvalue weighted by Gasteiger charge is 2.53. The second-order valence-electron chi connectivity index (χ2n) is 18.1. The molecule has 3 aromatic heterocycles. The van der Waals surface area contributed by atoms with Crippen LogP contribution in [0.4, 0.5) is 0 Å². The molecule has 3 heterocycles. The van der Waals surface area contributed by atoms with Crippen molar-refractivity contribution in [2.45, 2.75) is 135 Å². The summed E-state index contributed by atoms with van der Waals surface area (Å²) in [5.74, 6) is 0.375. The summed E-state index contributed by atoms with van der Waals surface area (Å²) < 4.78 is 30.9. The van der Waals surface area contributed by atoms with Gasteiger partial charge < -0.3 is 18.5 Å². The molecule has 0 radical (unpaired) electrons. The summed E-state index contributed by atoms with van der Waals surface area (Å²) in [5.41, 5.74) is 1.95. The fraction of sp³-hybridized carbons (Fsp3) is 0.579. The zero-order valence-corrected chi connectivity index (χ0v) is 35.6. The van der Waals surface area contributed by atoms with Crippen molar-refractivity contribution in [2.24, 2.45) is 5.92 Å². The molecule has 0 saturated heterocycles. The third-order valence-electron chi connectivity index (χ3n) is 11.0. The highest BCUT2D eigenvalue weighted by atomic mass is 32.2. The first kappa shape index (κ1) is 39.7. The smallest absolute Gasteiger partial charge is 0.203 e. The van der Waals surface area contributed by atoms with Gasteiger partial charge in [0.2, 0.25) is 5.72 Å². The van der Waals surface area contributed by atoms with Crippen LogP contribution in [0, 0.1) is 5.92 Å². The van der Waals surface area contributed by atoms with E-state index in [-0.39, 0.29) is 22.1 Å². The van der Waals surface area contributed by atoms with Crippen molar-refractivity contribution in [3.8, 4) is 17.1 Å². The molecule has 2 atom stereocenters. The van der Waals surface area contributed by atoms with E-state index in [0.29, 0.717) is 36.7 Å². The standard InChI is InChI=1S/C38H58N6O4SSi2/c1-35(2,3)49(46)43-38(45,28-20-30(21-28)48-51(12,13)37(7,8)9)33-16-14-15-31(42-33)26-17-18-27-22-40-44(32(27)19-26)34-24-39-23-29(41-34)25-47-50(10,11)36(4,5)6/h14-19,22-24,28,30,43,45H,20-21,25H2,1-13H3/t28?,30?,38-,49+/m0/s1. The van der Waals surface area contributed by atoms with Crippen LogP contribution in [-0.2, 0) is 32.5 Å². The molecule has 4 aromatic rings. The average Bonchev–Trinajstić information content (AvgIpc) is 3.43. The van der Waals surface area contributed by atoms with Crippen LogP contribution in [0.15, 0.2) is 55.0 Å². The van der Waals surface area contributed by atoms with Gasteiger partial charge in [0.05, 0.1) is 47.8 Å². The molecule has 1 fully saturated rings. The van der Waals surface area contributed by atoms with Crippen LogP contribution in [0.25, 0.3) is 28.0 Å². The van der Waals surface area contributed by atoms with E-state index in [1.54, 1.807) is 17.1 Å². The minimum atomic E-state index is -1.99. The van der Waals surface area contributed by atoms with E-state index in [9.17, 15) is 9.66 Å². The summed E-state index contributed by atoms with van der Waals surface area (Å²) in [4.78, 5) is 14.4. The molecule has 1 aromatic carbocycles. The van der Waals surface area contributed by atoms with E-state index < -0.39 is 38.5 Å². The zero-order valence-electron chi connectivity index (χ0n) is 32.8. The number of aliphatic hydroxyl groups is 1. The van der Waals surface area contributed by atoms with E-state index in [1.165, 1.54) is 0 Å². The predicted molar refractivity (Wildman–Crippen MR) is 212 cm³/mol. The Balaban J connectivity index is 1.44. The van der Waals surface area contributed by atoms with E-state index in [0.717, 1.165) is 22.2 Å². The first-order valence-electron chi connectivity index (χ1n) is 17.9. The molecule has 13 heteroatoms. The fourth-order valence-electron chi connectivity index (χ4n) is 5.44. The quantitative estimate of drug-likeness (QED) is 0.0882. The molecule has 0 unspecified atom stereocenters. The lowest BCUT2D eigenvalue weighted by Crippen LogP contribution is -2.60. The van der Waals surface area contributed by atoms with Gasteiger partial charge >= 0.3 is 0 Å². The molecule has 1 saturated carbocycles. The monoisotopic (exact) mass is 750 g/mol. The van der Waals surface area contributed by atoms with Crippen LogP contribution in [0.3, 0.4) is 0 Å². The second-order valence-corrected chi connectivity index (χ2v) is 29.6. The maximum Gasteiger partial charge on any atom is 0.203 e. The lowest BCUT2D eigenvalue weighted by molar-refractivity contribution is -0.109. The molecule has 0 bridgehead atoms. The van der Waals surface area contributed by atoms with Gasteiger partial charge in [-0.3, -0.25) is 4.98 Å². The van der Waals surface area contributed by atoms with Gasteiger partial charge in [0, 0.05) is 34.3 Å². The van der Waals surface area contributed by atoms with Crippen LogP contribution in [0.5, 0.6) is 0 Å². The third-order valence-corrected chi connectivity index (χ3v) is 21.7. The van der Waals surface area contributed by atoms with Gasteiger partial charge in [-0.05, 0) is 88.1 Å². The van der Waals surface area contributed by atoms with Crippen LogP contribution >= 0.6 is 0 Å². The Morgan fingerprint density at radius 1 is 0.902 bits per heavy atom. The van der Waals surface area contributed by atoms with E-state index in [2.05, 4.69) is 82.5 Å². The number of rotatable bonds is 11. The number of nitrogens with zero attached hydrogens (tertiary/aromatic N) is 5. The van der Waals surface area contributed by atoms with Crippen molar-refractivity contribution in [3.05, 3.63) is 66.4 Å². The number of hydrogen-bond donors (Lipinski definition) is 2. The molecule has 1 aliphatic rings. The summed E-state index contributed by atoms with van der Waals surface area (Å²) in [6.07, 6.45) is 6.60. The van der Waals surface area contributed by atoms with Gasteiger partial charge in [0.15, 0.2) is 22.5 Å². The Kier molecular flexibility index (Phi) is 10.9. The molecular formula is C38H58N6O4SSi2. The maximum atomic E-state index is 13.5. The first-order valence-corrected chi connectivity index (χ1v) is 24.9. The molecule has 2 N–H and O–H groups in total. The zero-order chi connectivity index (χ0) is 37.8. The van der Waals surface area contributed by atoms with Gasteiger partial charge in [-0.25, -0.2) is 14.6 Å². The minimum Gasteiger partial charge on any atom is -0.598 e. The predicted octanol–water partition coefficient (Wildman–Crippen LogP) is 8.40. The molecule has 0 aliphatic heterocycles. The summed E-state index contributed by atoms with van der Waals surface area (Å²) >= 11 is -1.55. The molecule has 278 valence electrons. The van der Waals surface area contributed by atoms with Crippen LogP contribution in [0.1, 0.15) is 86.5 Å². The van der Waals surface area contributed by atoms with Gasteiger partial charge in [0.1, 0.15) is 4.75 Å². The normalized spacial score (nSPS) is 19.5. The number of hydrogen-bond acceptors (Lipinski definition) is 9. The van der Waals surface area contributed by atoms with Crippen LogP contribution < -0.4 is 4.72 Å². The van der Waals surface area contributed by atoms with Gasteiger partial charge in [-0.15, -0.1) is 4.72 Å². The molecule has 10 nitrogen and oxygen atoms in total. The van der Waals surface area contributed by atoms with E-state index >= 15 is 0 Å². The Hall–Kier alpha value is -2.50. The number of benzene rings is 1. The van der Waals surface area contributed by atoms with Gasteiger partial charge in [0.25, 0.3) is 0 Å². The fourth-order valence-corrected chi connectivity index (χ4v) is 8.62. The van der Waals surface area contributed by atoms with Gasteiger partial charge in [-0.1, -0.05) is 59.7 Å². The summed E-state index contributed by atoms with van der Waals surface area (Å²) in [6.45, 7) is 28.4. The largest absolute Gasteiger partial charge is 0.598 e. The van der Waals surface area contributed by atoms with Crippen molar-refractivity contribution >= 4 is 38.9 Å². The maximum absolute atomic E-state index is 13.5. The third kappa shape index (κ3) is 8.51. The molecule has 1 aliphatic carbocycles. The second kappa shape index (κ2) is 14.1. The lowest BCUT2D eigenvalue weighted by atomic mass is 9.74. The minimum absolute atomic E-state index is 0.0402. The number of fused-ring (bicyclic) bond motifs is 1. The Morgan fingerprint density at radius 3 is 2.20 bits per heavy atom. The van der Waals surface area contributed by atoms with Crippen molar-refractivity contribution < 1.29 is 18.5 Å². The topological polar surface area (TPSA) is 130 Å². The molecule has 0 amide bonds. The summed E-state index contributed by atoms with van der Waals surface area (Å²) in [5, 5.41) is 18.2. The molecule has 5 rings (SSSR count). The van der Waals surface area contributed by atoms with E-state index in [1.807, 2.05) is 63.4 Å². The average molecular weight is 751 g/mol. The molecule has 51 heavy (non-hydrogen) atoms. The van der Waals surface area contributed by atoms with Crippen molar-refractivity contribution in [3.63, 3.8) is 0 Å². The van der Waals surface area contributed by atoms with Crippen LogP contribution in [-0.4, -0.2) is 61.9 Å². The Bertz CT molecular complexity index is 1840. The number of aromatic nitrogens is 5. The van der Waals surface area contributed by atoms with Crippen molar-refractivity contribution in [1.82, 2.24) is 29.5 Å². The number of nitrogens with one attached hydrogen (secondary N) is 1. The van der Waals surface area contributed by atoms with E-state index in [4.69, 9.17) is 18.8 Å².